The van der Waals surface area contributed by atoms with E-state index in [4.69, 9.17) is 5.73 Å². The Morgan fingerprint density at radius 2 is 2.06 bits per heavy atom. The predicted molar refractivity (Wildman–Crippen MR) is 78.8 cm³/mol. The lowest BCUT2D eigenvalue weighted by atomic mass is 9.98. The number of rotatable bonds is 7. The summed E-state index contributed by atoms with van der Waals surface area (Å²) >= 11 is 1.81. The molecule has 4 heteroatoms. The van der Waals surface area contributed by atoms with Crippen LogP contribution in [-0.2, 0) is 4.79 Å². The minimum atomic E-state index is -0.240. The molecular weight excluding hydrogens is 244 g/mol. The second-order valence-corrected chi connectivity index (χ2v) is 5.60. The molecule has 0 aliphatic heterocycles. The van der Waals surface area contributed by atoms with E-state index in [9.17, 15) is 4.79 Å². The molecule has 0 radical (unpaired) electrons. The number of benzene rings is 1. The van der Waals surface area contributed by atoms with E-state index in [1.807, 2.05) is 42.1 Å². The molecule has 0 spiro atoms. The molecule has 0 aliphatic rings. The van der Waals surface area contributed by atoms with Gasteiger partial charge in [-0.1, -0.05) is 37.3 Å². The Hall–Kier alpha value is -1.00. The van der Waals surface area contributed by atoms with Crippen molar-refractivity contribution < 1.29 is 4.79 Å². The fourth-order valence-electron chi connectivity index (χ4n) is 1.72. The van der Waals surface area contributed by atoms with E-state index in [1.54, 1.807) is 0 Å². The van der Waals surface area contributed by atoms with E-state index < -0.39 is 0 Å². The van der Waals surface area contributed by atoms with E-state index in [-0.39, 0.29) is 11.8 Å². The Bertz CT molecular complexity index is 356. The molecule has 1 aromatic carbocycles. The monoisotopic (exact) mass is 266 g/mol. The van der Waals surface area contributed by atoms with Crippen LogP contribution in [-0.4, -0.2) is 30.5 Å². The molecule has 1 aromatic rings. The van der Waals surface area contributed by atoms with Crippen molar-refractivity contribution in [2.75, 3.05) is 19.3 Å². The average Bonchev–Trinajstić information content (AvgIpc) is 2.40. The second-order valence-electron chi connectivity index (χ2n) is 4.32. The van der Waals surface area contributed by atoms with E-state index in [0.29, 0.717) is 18.3 Å². The first-order valence-electron chi connectivity index (χ1n) is 6.24. The first-order valence-corrected chi connectivity index (χ1v) is 7.53. The molecule has 0 bridgehead atoms. The second kappa shape index (κ2) is 8.16. The smallest absolute Gasteiger partial charge is 0.228 e. The highest BCUT2D eigenvalue weighted by Crippen LogP contribution is 2.14. The number of carbonyl (C=O) groups is 1. The molecule has 1 rings (SSSR count). The van der Waals surface area contributed by atoms with Gasteiger partial charge in [0.15, 0.2) is 0 Å². The SMILES string of the molecule is CSC(C)CCNC(=O)C(CN)c1ccccc1. The zero-order valence-electron chi connectivity index (χ0n) is 11.1. The summed E-state index contributed by atoms with van der Waals surface area (Å²) in [6, 6.07) is 9.69. The standard InChI is InChI=1S/C14H22N2OS/c1-11(18-2)8-9-16-14(17)13(10-15)12-6-4-3-5-7-12/h3-7,11,13H,8-10,15H2,1-2H3,(H,16,17). The van der Waals surface area contributed by atoms with Crippen LogP contribution in [0.1, 0.15) is 24.8 Å². The number of hydrogen-bond donors (Lipinski definition) is 2. The molecule has 1 amide bonds. The van der Waals surface area contributed by atoms with Crippen LogP contribution < -0.4 is 11.1 Å². The van der Waals surface area contributed by atoms with Crippen LogP contribution in [0.5, 0.6) is 0 Å². The Morgan fingerprint density at radius 3 is 2.61 bits per heavy atom. The van der Waals surface area contributed by atoms with Gasteiger partial charge in [-0.3, -0.25) is 4.79 Å². The van der Waals surface area contributed by atoms with Crippen molar-refractivity contribution in [2.45, 2.75) is 24.5 Å². The van der Waals surface area contributed by atoms with Gasteiger partial charge in [0.2, 0.25) is 5.91 Å². The lowest BCUT2D eigenvalue weighted by Crippen LogP contribution is -2.34. The number of thioether (sulfide) groups is 1. The highest BCUT2D eigenvalue weighted by atomic mass is 32.2. The van der Waals surface area contributed by atoms with Crippen molar-refractivity contribution in [1.82, 2.24) is 5.32 Å². The molecule has 3 N–H and O–H groups in total. The minimum Gasteiger partial charge on any atom is -0.355 e. The highest BCUT2D eigenvalue weighted by Gasteiger charge is 2.18. The summed E-state index contributed by atoms with van der Waals surface area (Å²) in [4.78, 5) is 12.0. The van der Waals surface area contributed by atoms with Gasteiger partial charge in [-0.05, 0) is 18.2 Å². The van der Waals surface area contributed by atoms with Crippen LogP contribution in [0.15, 0.2) is 30.3 Å². The van der Waals surface area contributed by atoms with Crippen LogP contribution in [0, 0.1) is 0 Å². The summed E-state index contributed by atoms with van der Waals surface area (Å²) < 4.78 is 0. The van der Waals surface area contributed by atoms with E-state index in [1.165, 1.54) is 0 Å². The van der Waals surface area contributed by atoms with Crippen molar-refractivity contribution in [3.63, 3.8) is 0 Å². The predicted octanol–water partition coefficient (Wildman–Crippen LogP) is 1.99. The quantitative estimate of drug-likeness (QED) is 0.793. The van der Waals surface area contributed by atoms with Crippen molar-refractivity contribution in [1.29, 1.82) is 0 Å². The zero-order chi connectivity index (χ0) is 13.4. The third-order valence-electron chi connectivity index (χ3n) is 3.01. The Balaban J connectivity index is 2.48. The number of hydrogen-bond acceptors (Lipinski definition) is 3. The summed E-state index contributed by atoms with van der Waals surface area (Å²) in [5.74, 6) is -0.215. The highest BCUT2D eigenvalue weighted by molar-refractivity contribution is 7.99. The summed E-state index contributed by atoms with van der Waals surface area (Å²) in [6.45, 7) is 3.21. The van der Waals surface area contributed by atoms with E-state index >= 15 is 0 Å². The van der Waals surface area contributed by atoms with Crippen LogP contribution >= 0.6 is 11.8 Å². The van der Waals surface area contributed by atoms with Crippen molar-refractivity contribution in [3.05, 3.63) is 35.9 Å². The molecule has 18 heavy (non-hydrogen) atoms. The molecule has 100 valence electrons. The topological polar surface area (TPSA) is 55.1 Å². The first kappa shape index (κ1) is 15.1. The van der Waals surface area contributed by atoms with Crippen molar-refractivity contribution in [3.8, 4) is 0 Å². The van der Waals surface area contributed by atoms with Gasteiger partial charge in [-0.25, -0.2) is 0 Å². The van der Waals surface area contributed by atoms with Gasteiger partial charge in [0, 0.05) is 18.3 Å². The molecule has 0 aliphatic carbocycles. The van der Waals surface area contributed by atoms with Gasteiger partial charge in [-0.15, -0.1) is 0 Å². The third-order valence-corrected chi connectivity index (χ3v) is 4.05. The van der Waals surface area contributed by atoms with Crippen LogP contribution in [0.25, 0.3) is 0 Å². The summed E-state index contributed by atoms with van der Waals surface area (Å²) in [5.41, 5.74) is 6.68. The van der Waals surface area contributed by atoms with Gasteiger partial charge in [0.1, 0.15) is 0 Å². The molecule has 0 saturated carbocycles. The molecule has 0 heterocycles. The number of nitrogens with two attached hydrogens (primary N) is 1. The van der Waals surface area contributed by atoms with Crippen molar-refractivity contribution in [2.24, 2.45) is 5.73 Å². The third kappa shape index (κ3) is 4.70. The van der Waals surface area contributed by atoms with E-state index in [0.717, 1.165) is 12.0 Å². The zero-order valence-corrected chi connectivity index (χ0v) is 11.9. The fourth-order valence-corrected chi connectivity index (χ4v) is 2.07. The molecule has 2 unspecified atom stereocenters. The Kier molecular flexibility index (Phi) is 6.83. The lowest BCUT2D eigenvalue weighted by molar-refractivity contribution is -0.122. The maximum Gasteiger partial charge on any atom is 0.228 e. The molecule has 2 atom stereocenters. The van der Waals surface area contributed by atoms with Crippen molar-refractivity contribution >= 4 is 17.7 Å². The van der Waals surface area contributed by atoms with Gasteiger partial charge in [-0.2, -0.15) is 11.8 Å². The van der Waals surface area contributed by atoms with Gasteiger partial charge < -0.3 is 11.1 Å². The van der Waals surface area contributed by atoms with Gasteiger partial charge in [0.25, 0.3) is 0 Å². The Labute approximate surface area is 114 Å². The minimum absolute atomic E-state index is 0.0250. The van der Waals surface area contributed by atoms with Gasteiger partial charge in [0.05, 0.1) is 5.92 Å². The average molecular weight is 266 g/mol. The molecule has 3 nitrogen and oxygen atoms in total. The number of carbonyl (C=O) groups excluding carboxylic acids is 1. The molecule has 0 fully saturated rings. The fraction of sp³-hybridized carbons (Fsp3) is 0.500. The normalized spacial score (nSPS) is 13.9. The van der Waals surface area contributed by atoms with Gasteiger partial charge >= 0.3 is 0 Å². The molecule has 0 aromatic heterocycles. The molecular formula is C14H22N2OS. The maximum atomic E-state index is 12.0. The number of nitrogens with one attached hydrogen (secondary N) is 1. The number of amides is 1. The van der Waals surface area contributed by atoms with E-state index in [2.05, 4.69) is 18.5 Å². The largest absolute Gasteiger partial charge is 0.355 e. The first-order chi connectivity index (χ1) is 8.69. The summed E-state index contributed by atoms with van der Waals surface area (Å²) in [6.07, 6.45) is 3.07. The van der Waals surface area contributed by atoms with Crippen LogP contribution in [0.2, 0.25) is 0 Å². The summed E-state index contributed by atoms with van der Waals surface area (Å²) in [7, 11) is 0. The van der Waals surface area contributed by atoms with Crippen LogP contribution in [0.3, 0.4) is 0 Å². The van der Waals surface area contributed by atoms with Crippen LogP contribution in [0.4, 0.5) is 0 Å². The molecule has 0 saturated heterocycles. The maximum absolute atomic E-state index is 12.0. The lowest BCUT2D eigenvalue weighted by Gasteiger charge is -2.16. The summed E-state index contributed by atoms with van der Waals surface area (Å²) in [5, 5.41) is 3.53. The Morgan fingerprint density at radius 1 is 1.39 bits per heavy atom.